The minimum Gasteiger partial charge on any atom is -0.384 e. The van der Waals surface area contributed by atoms with Crippen LogP contribution in [-0.4, -0.2) is 63.8 Å². The lowest BCUT2D eigenvalue weighted by atomic mass is 9.76. The van der Waals surface area contributed by atoms with E-state index in [0.717, 1.165) is 0 Å². The van der Waals surface area contributed by atoms with Crippen molar-refractivity contribution < 1.29 is 41.0 Å². The fourth-order valence-electron chi connectivity index (χ4n) is 3.99. The van der Waals surface area contributed by atoms with Gasteiger partial charge in [-0.15, -0.1) is 0 Å². The molecule has 0 aromatic heterocycles. The molecule has 3 fully saturated rings. The number of aliphatic hydroxyl groups is 1. The summed E-state index contributed by atoms with van der Waals surface area (Å²) in [6.07, 6.45) is -6.49. The number of halogens is 6. The molecule has 1 aliphatic heterocycles. The number of hydrogen-bond donors (Lipinski definition) is 2. The van der Waals surface area contributed by atoms with Crippen molar-refractivity contribution in [1.29, 1.82) is 0 Å². The zero-order valence-corrected chi connectivity index (χ0v) is 13.6. The van der Waals surface area contributed by atoms with Crippen LogP contribution in [0.15, 0.2) is 0 Å². The first-order valence-corrected chi connectivity index (χ1v) is 8.22. The Bertz CT molecular complexity index is 609. The van der Waals surface area contributed by atoms with Gasteiger partial charge >= 0.3 is 11.8 Å². The van der Waals surface area contributed by atoms with Crippen LogP contribution < -0.4 is 5.32 Å². The molecule has 1 saturated heterocycles. The lowest BCUT2D eigenvalue weighted by Crippen LogP contribution is -2.60. The van der Waals surface area contributed by atoms with Crippen LogP contribution >= 0.6 is 0 Å². The van der Waals surface area contributed by atoms with Gasteiger partial charge in [-0.05, 0) is 12.8 Å². The number of nitrogens with zero attached hydrogens (tertiary/aromatic N) is 1. The Morgan fingerprint density at radius 2 is 1.46 bits per heavy atom. The molecule has 0 aromatic carbocycles. The Kier molecular flexibility index (Phi) is 4.25. The first-order valence-electron chi connectivity index (χ1n) is 8.22. The van der Waals surface area contributed by atoms with Crippen molar-refractivity contribution in [3.63, 3.8) is 0 Å². The van der Waals surface area contributed by atoms with Crippen molar-refractivity contribution in [1.82, 2.24) is 10.2 Å². The van der Waals surface area contributed by atoms with E-state index in [9.17, 15) is 41.0 Å². The van der Waals surface area contributed by atoms with E-state index in [4.69, 9.17) is 0 Å². The van der Waals surface area contributed by atoms with Crippen molar-refractivity contribution in [3.05, 3.63) is 0 Å². The van der Waals surface area contributed by atoms with Crippen LogP contribution in [0, 0.1) is 0 Å². The molecular weight excluding hydrogens is 370 g/mol. The largest absolute Gasteiger partial charge is 0.384 e. The minimum absolute atomic E-state index is 0.444. The van der Waals surface area contributed by atoms with E-state index in [1.807, 2.05) is 5.32 Å². The van der Waals surface area contributed by atoms with Crippen LogP contribution in [0.2, 0.25) is 0 Å². The molecular formula is C15H18F6N2O3. The minimum atomic E-state index is -3.76. The lowest BCUT2D eigenvalue weighted by molar-refractivity contribution is -0.158. The van der Waals surface area contributed by atoms with Gasteiger partial charge in [0.1, 0.15) is 6.10 Å². The maximum absolute atomic E-state index is 14.0. The van der Waals surface area contributed by atoms with Gasteiger partial charge in [0.05, 0.1) is 12.1 Å². The highest BCUT2D eigenvalue weighted by Crippen LogP contribution is 2.51. The summed E-state index contributed by atoms with van der Waals surface area (Å²) in [6, 6.07) is -0.957. The molecule has 148 valence electrons. The van der Waals surface area contributed by atoms with Crippen LogP contribution in [0.25, 0.3) is 0 Å². The van der Waals surface area contributed by atoms with E-state index < -0.39 is 92.3 Å². The van der Waals surface area contributed by atoms with E-state index in [1.165, 1.54) is 0 Å². The molecule has 0 aromatic rings. The monoisotopic (exact) mass is 388 g/mol. The molecule has 2 amide bonds. The predicted octanol–water partition coefficient (Wildman–Crippen LogP) is 1.69. The van der Waals surface area contributed by atoms with E-state index in [0.29, 0.717) is 4.90 Å². The van der Waals surface area contributed by atoms with E-state index in [1.54, 1.807) is 0 Å². The Hall–Kier alpha value is -1.52. The summed E-state index contributed by atoms with van der Waals surface area (Å²) >= 11 is 0. The Balaban J connectivity index is 1.76. The Morgan fingerprint density at radius 1 is 0.923 bits per heavy atom. The van der Waals surface area contributed by atoms with Crippen LogP contribution in [-0.2, 0) is 9.59 Å². The zero-order valence-electron chi connectivity index (χ0n) is 13.6. The summed E-state index contributed by atoms with van der Waals surface area (Å²) in [5.41, 5.74) is -1.97. The van der Waals surface area contributed by atoms with Crippen LogP contribution in [0.1, 0.15) is 38.5 Å². The fraction of sp³-hybridized carbons (Fsp3) is 0.867. The van der Waals surface area contributed by atoms with Crippen LogP contribution in [0.4, 0.5) is 26.3 Å². The second-order valence-corrected chi connectivity index (χ2v) is 7.45. The van der Waals surface area contributed by atoms with Gasteiger partial charge in [-0.3, -0.25) is 9.59 Å². The van der Waals surface area contributed by atoms with Crippen molar-refractivity contribution in [2.45, 2.75) is 74.0 Å². The first-order chi connectivity index (χ1) is 11.8. The van der Waals surface area contributed by atoms with Gasteiger partial charge in [-0.2, -0.15) is 0 Å². The highest BCUT2D eigenvalue weighted by atomic mass is 19.3. The molecule has 3 aliphatic rings. The average Bonchev–Trinajstić information content (AvgIpc) is 2.69. The second-order valence-electron chi connectivity index (χ2n) is 7.45. The standard InChI is InChI=1S/C15H18F6N2O3/c16-13(17)3-1-12(2-4-13)11(26)15(20,21)7-23(12)10(25)9(24)22-8-5-14(18,19)6-8/h8,11,26H,1-7H2,(H,22,24). The van der Waals surface area contributed by atoms with E-state index in [2.05, 4.69) is 0 Å². The van der Waals surface area contributed by atoms with Gasteiger partial charge in [0.2, 0.25) is 5.92 Å². The summed E-state index contributed by atoms with van der Waals surface area (Å²) in [5, 5.41) is 12.0. The molecule has 11 heteroatoms. The number of carbonyl (C=O) groups excluding carboxylic acids is 2. The summed E-state index contributed by atoms with van der Waals surface area (Å²) in [6.45, 7) is -1.28. The van der Waals surface area contributed by atoms with E-state index in [-0.39, 0.29) is 0 Å². The van der Waals surface area contributed by atoms with Crippen molar-refractivity contribution in [3.8, 4) is 0 Å². The molecule has 0 bridgehead atoms. The SMILES string of the molecule is O=C(NC1CC(F)(F)C1)C(=O)N1CC(F)(F)C(O)C12CCC(F)(F)CC2. The molecule has 1 heterocycles. The van der Waals surface area contributed by atoms with Crippen LogP contribution in [0.5, 0.6) is 0 Å². The number of amides is 2. The maximum atomic E-state index is 14.0. The zero-order chi connectivity index (χ0) is 19.5. The van der Waals surface area contributed by atoms with Gasteiger partial charge in [0.25, 0.3) is 11.8 Å². The van der Waals surface area contributed by atoms with Gasteiger partial charge in [-0.1, -0.05) is 0 Å². The number of alkyl halides is 6. The number of likely N-dealkylation sites (tertiary alicyclic amines) is 1. The third-order valence-corrected chi connectivity index (χ3v) is 5.53. The molecule has 5 nitrogen and oxygen atoms in total. The summed E-state index contributed by atoms with van der Waals surface area (Å²) < 4.78 is 80.5. The van der Waals surface area contributed by atoms with Gasteiger partial charge in [0, 0.05) is 31.7 Å². The molecule has 1 atom stereocenters. The van der Waals surface area contributed by atoms with Gasteiger partial charge < -0.3 is 15.3 Å². The van der Waals surface area contributed by atoms with Gasteiger partial charge in [0.15, 0.2) is 0 Å². The maximum Gasteiger partial charge on any atom is 0.312 e. The fourth-order valence-corrected chi connectivity index (χ4v) is 3.99. The Morgan fingerprint density at radius 3 is 1.96 bits per heavy atom. The number of hydrogen-bond acceptors (Lipinski definition) is 3. The summed E-state index contributed by atoms with van der Waals surface area (Å²) in [4.78, 5) is 24.8. The predicted molar refractivity (Wildman–Crippen MR) is 74.9 cm³/mol. The molecule has 1 unspecified atom stereocenters. The number of rotatable bonds is 1. The first kappa shape index (κ1) is 19.2. The van der Waals surface area contributed by atoms with Crippen LogP contribution in [0.3, 0.4) is 0 Å². The lowest BCUT2D eigenvalue weighted by Gasteiger charge is -2.44. The number of aliphatic hydroxyl groups excluding tert-OH is 1. The molecule has 3 rings (SSSR count). The normalized spacial score (nSPS) is 31.5. The van der Waals surface area contributed by atoms with Crippen molar-refractivity contribution in [2.24, 2.45) is 0 Å². The van der Waals surface area contributed by atoms with Crippen molar-refractivity contribution >= 4 is 11.8 Å². The highest BCUT2D eigenvalue weighted by Gasteiger charge is 2.66. The number of nitrogens with one attached hydrogen (secondary N) is 1. The Labute approximate surface area is 144 Å². The molecule has 2 saturated carbocycles. The molecule has 2 aliphatic carbocycles. The average molecular weight is 388 g/mol. The van der Waals surface area contributed by atoms with Gasteiger partial charge in [-0.25, -0.2) is 26.3 Å². The highest BCUT2D eigenvalue weighted by molar-refractivity contribution is 6.35. The number of carbonyl (C=O) groups is 2. The summed E-state index contributed by atoms with van der Waals surface area (Å²) in [5.74, 6) is -12.6. The topological polar surface area (TPSA) is 69.6 Å². The third-order valence-electron chi connectivity index (χ3n) is 5.53. The second kappa shape index (κ2) is 5.74. The van der Waals surface area contributed by atoms with Crippen molar-refractivity contribution in [2.75, 3.05) is 6.54 Å². The van der Waals surface area contributed by atoms with E-state index >= 15 is 0 Å². The molecule has 1 spiro atoms. The molecule has 0 radical (unpaired) electrons. The quantitative estimate of drug-likeness (QED) is 0.531. The summed E-state index contributed by atoms with van der Waals surface area (Å²) in [7, 11) is 0. The third kappa shape index (κ3) is 3.14. The molecule has 2 N–H and O–H groups in total. The smallest absolute Gasteiger partial charge is 0.312 e. The molecule has 26 heavy (non-hydrogen) atoms.